The maximum Gasteiger partial charge on any atom is 0.317 e. The molecule has 0 saturated carbocycles. The number of urea groups is 1. The zero-order valence-corrected chi connectivity index (χ0v) is 9.75. The quantitative estimate of drug-likeness (QED) is 0.729. The smallest absolute Gasteiger partial charge is 0.317 e. The van der Waals surface area contributed by atoms with Gasteiger partial charge < -0.3 is 15.3 Å². The standard InChI is InChI=1S/C11H22N2O2/c1-11(2,9-14)12-10(15)13-7-5-3-4-6-8-13/h14H,3-9H2,1-2H3,(H,12,15). The van der Waals surface area contributed by atoms with Gasteiger partial charge >= 0.3 is 6.03 Å². The molecule has 0 aromatic carbocycles. The molecule has 15 heavy (non-hydrogen) atoms. The van der Waals surface area contributed by atoms with Crippen molar-refractivity contribution in [3.63, 3.8) is 0 Å². The van der Waals surface area contributed by atoms with Gasteiger partial charge in [-0.15, -0.1) is 0 Å². The Labute approximate surface area is 91.6 Å². The van der Waals surface area contributed by atoms with Gasteiger partial charge in [0, 0.05) is 13.1 Å². The average molecular weight is 214 g/mol. The first-order valence-electron chi connectivity index (χ1n) is 5.73. The van der Waals surface area contributed by atoms with Crippen LogP contribution in [0.5, 0.6) is 0 Å². The van der Waals surface area contributed by atoms with Crippen molar-refractivity contribution in [1.29, 1.82) is 0 Å². The third kappa shape index (κ3) is 4.08. The van der Waals surface area contributed by atoms with E-state index in [0.717, 1.165) is 25.9 Å². The summed E-state index contributed by atoms with van der Waals surface area (Å²) in [4.78, 5) is 13.7. The van der Waals surface area contributed by atoms with E-state index in [1.165, 1.54) is 12.8 Å². The molecule has 0 aromatic heterocycles. The Kier molecular flexibility index (Phi) is 4.39. The SMILES string of the molecule is CC(C)(CO)NC(=O)N1CCCCCC1. The molecule has 1 heterocycles. The number of aliphatic hydroxyl groups excluding tert-OH is 1. The highest BCUT2D eigenvalue weighted by Crippen LogP contribution is 2.10. The van der Waals surface area contributed by atoms with Crippen LogP contribution in [0.4, 0.5) is 4.79 Å². The molecule has 2 amide bonds. The first-order valence-corrected chi connectivity index (χ1v) is 5.73. The summed E-state index contributed by atoms with van der Waals surface area (Å²) in [5, 5.41) is 11.9. The Balaban J connectivity index is 2.44. The van der Waals surface area contributed by atoms with E-state index in [9.17, 15) is 4.79 Å². The van der Waals surface area contributed by atoms with E-state index >= 15 is 0 Å². The van der Waals surface area contributed by atoms with E-state index in [0.29, 0.717) is 0 Å². The summed E-state index contributed by atoms with van der Waals surface area (Å²) >= 11 is 0. The van der Waals surface area contributed by atoms with Crippen LogP contribution in [-0.2, 0) is 0 Å². The first-order chi connectivity index (χ1) is 7.05. The summed E-state index contributed by atoms with van der Waals surface area (Å²) in [7, 11) is 0. The zero-order chi connectivity index (χ0) is 11.3. The summed E-state index contributed by atoms with van der Waals surface area (Å²) in [6.45, 7) is 5.29. The van der Waals surface area contributed by atoms with Gasteiger partial charge in [-0.05, 0) is 26.7 Å². The van der Waals surface area contributed by atoms with Gasteiger partial charge in [0.1, 0.15) is 0 Å². The lowest BCUT2D eigenvalue weighted by molar-refractivity contribution is 0.160. The van der Waals surface area contributed by atoms with Gasteiger partial charge in [-0.2, -0.15) is 0 Å². The topological polar surface area (TPSA) is 52.6 Å². The summed E-state index contributed by atoms with van der Waals surface area (Å²) < 4.78 is 0. The molecule has 0 radical (unpaired) electrons. The molecular weight excluding hydrogens is 192 g/mol. The van der Waals surface area contributed by atoms with Crippen LogP contribution in [-0.4, -0.2) is 41.3 Å². The predicted octanol–water partition coefficient (Wildman–Crippen LogP) is 1.34. The molecule has 4 nitrogen and oxygen atoms in total. The molecule has 0 aliphatic carbocycles. The molecule has 1 aliphatic heterocycles. The number of hydrogen-bond donors (Lipinski definition) is 2. The van der Waals surface area contributed by atoms with Crippen molar-refractivity contribution in [2.75, 3.05) is 19.7 Å². The number of rotatable bonds is 2. The van der Waals surface area contributed by atoms with Crippen molar-refractivity contribution in [1.82, 2.24) is 10.2 Å². The molecule has 1 fully saturated rings. The van der Waals surface area contributed by atoms with Crippen LogP contribution in [0.3, 0.4) is 0 Å². The Bertz CT molecular complexity index is 209. The molecule has 0 aromatic rings. The van der Waals surface area contributed by atoms with Gasteiger partial charge in [-0.1, -0.05) is 12.8 Å². The first kappa shape index (κ1) is 12.3. The molecule has 0 unspecified atom stereocenters. The predicted molar refractivity (Wildman–Crippen MR) is 59.7 cm³/mol. The molecule has 2 N–H and O–H groups in total. The number of carbonyl (C=O) groups excluding carboxylic acids is 1. The molecule has 0 spiro atoms. The molecule has 4 heteroatoms. The van der Waals surface area contributed by atoms with Crippen LogP contribution in [0.15, 0.2) is 0 Å². The highest BCUT2D eigenvalue weighted by Gasteiger charge is 2.23. The summed E-state index contributed by atoms with van der Waals surface area (Å²) in [6, 6.07) is -0.0454. The lowest BCUT2D eigenvalue weighted by atomic mass is 10.1. The monoisotopic (exact) mass is 214 g/mol. The molecule has 1 aliphatic rings. The summed E-state index contributed by atoms with van der Waals surface area (Å²) in [5.74, 6) is 0. The van der Waals surface area contributed by atoms with Crippen LogP contribution in [0.1, 0.15) is 39.5 Å². The Morgan fingerprint density at radius 2 is 1.80 bits per heavy atom. The third-order valence-corrected chi connectivity index (χ3v) is 2.73. The second-order valence-electron chi connectivity index (χ2n) is 4.87. The average Bonchev–Trinajstić information content (AvgIpc) is 2.45. The number of amides is 2. The van der Waals surface area contributed by atoms with E-state index in [-0.39, 0.29) is 12.6 Å². The van der Waals surface area contributed by atoms with Crippen LogP contribution in [0.25, 0.3) is 0 Å². The van der Waals surface area contributed by atoms with Crippen molar-refractivity contribution >= 4 is 6.03 Å². The summed E-state index contributed by atoms with van der Waals surface area (Å²) in [6.07, 6.45) is 4.61. The molecule has 0 atom stereocenters. The minimum absolute atomic E-state index is 0.0351. The minimum Gasteiger partial charge on any atom is -0.394 e. The molecule has 0 bridgehead atoms. The van der Waals surface area contributed by atoms with Crippen molar-refractivity contribution < 1.29 is 9.90 Å². The van der Waals surface area contributed by atoms with Crippen molar-refractivity contribution in [2.45, 2.75) is 45.1 Å². The maximum absolute atomic E-state index is 11.8. The zero-order valence-electron chi connectivity index (χ0n) is 9.75. The van der Waals surface area contributed by atoms with Crippen LogP contribution in [0, 0.1) is 0 Å². The molecular formula is C11H22N2O2. The van der Waals surface area contributed by atoms with E-state index < -0.39 is 5.54 Å². The van der Waals surface area contributed by atoms with Crippen molar-refractivity contribution in [3.05, 3.63) is 0 Å². The number of nitrogens with one attached hydrogen (secondary N) is 1. The van der Waals surface area contributed by atoms with Gasteiger partial charge in [0.2, 0.25) is 0 Å². The lowest BCUT2D eigenvalue weighted by Crippen LogP contribution is -2.52. The van der Waals surface area contributed by atoms with Crippen molar-refractivity contribution in [3.8, 4) is 0 Å². The second-order valence-corrected chi connectivity index (χ2v) is 4.87. The third-order valence-electron chi connectivity index (χ3n) is 2.73. The van der Waals surface area contributed by atoms with Crippen LogP contribution >= 0.6 is 0 Å². The van der Waals surface area contributed by atoms with Gasteiger partial charge in [0.05, 0.1) is 12.1 Å². The number of carbonyl (C=O) groups is 1. The van der Waals surface area contributed by atoms with Crippen LogP contribution in [0.2, 0.25) is 0 Å². The van der Waals surface area contributed by atoms with E-state index in [1.807, 2.05) is 18.7 Å². The lowest BCUT2D eigenvalue weighted by Gasteiger charge is -2.28. The fourth-order valence-corrected chi connectivity index (χ4v) is 1.68. The van der Waals surface area contributed by atoms with Crippen LogP contribution < -0.4 is 5.32 Å². The fourth-order valence-electron chi connectivity index (χ4n) is 1.68. The largest absolute Gasteiger partial charge is 0.394 e. The summed E-state index contributed by atoms with van der Waals surface area (Å²) in [5.41, 5.74) is -0.524. The van der Waals surface area contributed by atoms with Gasteiger partial charge in [-0.25, -0.2) is 4.79 Å². The highest BCUT2D eigenvalue weighted by molar-refractivity contribution is 5.75. The number of likely N-dealkylation sites (tertiary alicyclic amines) is 1. The van der Waals surface area contributed by atoms with E-state index in [4.69, 9.17) is 5.11 Å². The van der Waals surface area contributed by atoms with Gasteiger partial charge in [0.25, 0.3) is 0 Å². The fraction of sp³-hybridized carbons (Fsp3) is 0.909. The molecule has 1 saturated heterocycles. The van der Waals surface area contributed by atoms with E-state index in [2.05, 4.69) is 5.32 Å². The van der Waals surface area contributed by atoms with E-state index in [1.54, 1.807) is 0 Å². The molecule has 1 rings (SSSR count). The second kappa shape index (κ2) is 5.35. The molecule has 88 valence electrons. The number of hydrogen-bond acceptors (Lipinski definition) is 2. The maximum atomic E-state index is 11.8. The Hall–Kier alpha value is -0.770. The Morgan fingerprint density at radius 1 is 1.27 bits per heavy atom. The Morgan fingerprint density at radius 3 is 2.27 bits per heavy atom. The number of nitrogens with zero attached hydrogens (tertiary/aromatic N) is 1. The number of aliphatic hydroxyl groups is 1. The minimum atomic E-state index is -0.524. The van der Waals surface area contributed by atoms with Gasteiger partial charge in [0.15, 0.2) is 0 Å². The van der Waals surface area contributed by atoms with Crippen molar-refractivity contribution in [2.24, 2.45) is 0 Å². The highest BCUT2D eigenvalue weighted by atomic mass is 16.3. The van der Waals surface area contributed by atoms with Gasteiger partial charge in [-0.3, -0.25) is 0 Å². The normalized spacial score (nSPS) is 18.5.